The van der Waals surface area contributed by atoms with Gasteiger partial charge in [0, 0.05) is 17.1 Å². The summed E-state index contributed by atoms with van der Waals surface area (Å²) in [6.45, 7) is 12.4. The Labute approximate surface area is 232 Å². The van der Waals surface area contributed by atoms with Crippen LogP contribution in [0, 0.1) is 0 Å². The number of hydrogen-bond acceptors (Lipinski definition) is 4. The van der Waals surface area contributed by atoms with Crippen molar-refractivity contribution in [3.8, 4) is 0 Å². The van der Waals surface area contributed by atoms with Gasteiger partial charge in [-0.15, -0.1) is 0 Å². The van der Waals surface area contributed by atoms with E-state index in [2.05, 4.69) is 52.3 Å². The van der Waals surface area contributed by atoms with Crippen LogP contribution in [0.15, 0.2) is 80.8 Å². The molecule has 212 valence electrons. The third-order valence-electron chi connectivity index (χ3n) is 6.67. The van der Waals surface area contributed by atoms with Gasteiger partial charge in [0.2, 0.25) is 0 Å². The minimum absolute atomic E-state index is 0.0642. The summed E-state index contributed by atoms with van der Waals surface area (Å²) in [6.07, 6.45) is -4.46. The maximum Gasteiger partial charge on any atom is 0.417 e. The Morgan fingerprint density at radius 1 is 0.750 bits per heavy atom. The van der Waals surface area contributed by atoms with Gasteiger partial charge in [-0.05, 0) is 75.9 Å². The van der Waals surface area contributed by atoms with E-state index in [0.717, 1.165) is 11.1 Å². The first-order valence-electron chi connectivity index (χ1n) is 12.7. The predicted molar refractivity (Wildman–Crippen MR) is 151 cm³/mol. The van der Waals surface area contributed by atoms with E-state index in [0.29, 0.717) is 22.9 Å². The molecule has 4 rings (SSSR count). The van der Waals surface area contributed by atoms with Crippen molar-refractivity contribution in [3.63, 3.8) is 0 Å². The quantitative estimate of drug-likeness (QED) is 0.248. The fraction of sp³-hybridized carbons (Fsp3) is 0.323. The largest absolute Gasteiger partial charge is 0.423 e. The van der Waals surface area contributed by atoms with Gasteiger partial charge in [0.1, 0.15) is 5.58 Å². The monoisotopic (exact) mass is 571 g/mol. The number of rotatable bonds is 5. The highest BCUT2D eigenvalue weighted by atomic mass is 32.2. The molecule has 0 spiro atoms. The molecule has 0 fully saturated rings. The first-order valence-corrected chi connectivity index (χ1v) is 14.2. The summed E-state index contributed by atoms with van der Waals surface area (Å²) in [5.41, 5.74) is 1.11. The molecule has 0 unspecified atom stereocenters. The minimum atomic E-state index is -4.71. The number of halogens is 3. The normalized spacial score (nSPS) is 13.0. The standard InChI is InChI=1S/C31H32F3NO4S/c1-29(2,3)21-15-22(30(4,5)6)17-23(16-21)35-40(37,38)24-10-7-19(8-11-24)13-20-9-12-27-25(14-20)26(31(32,33)34)18-28(36)39-27/h7-12,14-18,35H,13H2,1-6H3. The van der Waals surface area contributed by atoms with Crippen LogP contribution in [0.5, 0.6) is 0 Å². The molecule has 1 N–H and O–H groups in total. The molecular formula is C31H32F3NO4S. The van der Waals surface area contributed by atoms with Crippen LogP contribution in [-0.4, -0.2) is 8.42 Å². The lowest BCUT2D eigenvalue weighted by atomic mass is 9.80. The van der Waals surface area contributed by atoms with Gasteiger partial charge in [-0.2, -0.15) is 13.2 Å². The number of anilines is 1. The molecule has 0 amide bonds. The van der Waals surface area contributed by atoms with E-state index in [1.54, 1.807) is 18.2 Å². The molecule has 0 aliphatic heterocycles. The molecule has 0 aliphatic rings. The lowest BCUT2D eigenvalue weighted by Gasteiger charge is -2.26. The third-order valence-corrected chi connectivity index (χ3v) is 8.07. The summed E-state index contributed by atoms with van der Waals surface area (Å²) in [7, 11) is -3.90. The van der Waals surface area contributed by atoms with Crippen molar-refractivity contribution in [2.45, 2.75) is 69.9 Å². The van der Waals surface area contributed by atoms with E-state index < -0.39 is 27.4 Å². The predicted octanol–water partition coefficient (Wildman–Crippen LogP) is 7.80. The average Bonchev–Trinajstić information content (AvgIpc) is 2.82. The lowest BCUT2D eigenvalue weighted by molar-refractivity contribution is -0.136. The van der Waals surface area contributed by atoms with Crippen LogP contribution in [0.1, 0.15) is 69.4 Å². The van der Waals surface area contributed by atoms with Crippen molar-refractivity contribution in [1.82, 2.24) is 0 Å². The van der Waals surface area contributed by atoms with Gasteiger partial charge in [-0.3, -0.25) is 4.72 Å². The molecule has 40 heavy (non-hydrogen) atoms. The zero-order valence-corrected chi connectivity index (χ0v) is 24.0. The highest BCUT2D eigenvalue weighted by Crippen LogP contribution is 2.35. The van der Waals surface area contributed by atoms with E-state index >= 15 is 0 Å². The zero-order valence-electron chi connectivity index (χ0n) is 23.2. The Morgan fingerprint density at radius 2 is 1.30 bits per heavy atom. The Bertz CT molecular complexity index is 1690. The number of nitrogens with one attached hydrogen (secondary N) is 1. The fourth-order valence-corrected chi connectivity index (χ4v) is 5.38. The summed E-state index contributed by atoms with van der Waals surface area (Å²) >= 11 is 0. The van der Waals surface area contributed by atoms with Gasteiger partial charge in [0.25, 0.3) is 10.0 Å². The van der Waals surface area contributed by atoms with Crippen molar-refractivity contribution in [2.75, 3.05) is 4.72 Å². The first-order chi connectivity index (χ1) is 18.3. The van der Waals surface area contributed by atoms with E-state index in [1.807, 2.05) is 12.1 Å². The lowest BCUT2D eigenvalue weighted by Crippen LogP contribution is -2.19. The Balaban J connectivity index is 1.60. The average molecular weight is 572 g/mol. The smallest absolute Gasteiger partial charge is 0.417 e. The number of alkyl halides is 3. The molecule has 0 radical (unpaired) electrons. The highest BCUT2D eigenvalue weighted by Gasteiger charge is 2.34. The molecule has 1 aromatic heterocycles. The van der Waals surface area contributed by atoms with Crippen molar-refractivity contribution in [2.24, 2.45) is 0 Å². The molecule has 0 atom stereocenters. The maximum absolute atomic E-state index is 13.5. The SMILES string of the molecule is CC(C)(C)c1cc(NS(=O)(=O)c2ccc(Cc3ccc4oc(=O)cc(C(F)(F)F)c4c3)cc2)cc(C(C)(C)C)c1. The van der Waals surface area contributed by atoms with E-state index in [4.69, 9.17) is 4.42 Å². The molecular weight excluding hydrogens is 539 g/mol. The highest BCUT2D eigenvalue weighted by molar-refractivity contribution is 7.92. The molecule has 5 nitrogen and oxygen atoms in total. The van der Waals surface area contributed by atoms with E-state index in [-0.39, 0.29) is 33.1 Å². The molecule has 0 saturated carbocycles. The van der Waals surface area contributed by atoms with Crippen LogP contribution in [0.25, 0.3) is 11.0 Å². The van der Waals surface area contributed by atoms with Crippen molar-refractivity contribution in [1.29, 1.82) is 0 Å². The second-order valence-corrected chi connectivity index (χ2v) is 13.7. The summed E-state index contributed by atoms with van der Waals surface area (Å²) < 4.78 is 74.6. The van der Waals surface area contributed by atoms with Crippen LogP contribution in [-0.2, 0) is 33.5 Å². The second-order valence-electron chi connectivity index (χ2n) is 12.0. The van der Waals surface area contributed by atoms with Crippen LogP contribution < -0.4 is 10.3 Å². The van der Waals surface area contributed by atoms with Crippen LogP contribution in [0.3, 0.4) is 0 Å². The topological polar surface area (TPSA) is 76.4 Å². The van der Waals surface area contributed by atoms with Gasteiger partial charge < -0.3 is 4.42 Å². The third kappa shape index (κ3) is 6.58. The summed E-state index contributed by atoms with van der Waals surface area (Å²) in [6, 6.07) is 16.7. The molecule has 1 heterocycles. The Kier molecular flexibility index (Phi) is 7.43. The molecule has 0 bridgehead atoms. The summed E-state index contributed by atoms with van der Waals surface area (Å²) in [5.74, 6) is 0. The molecule has 0 saturated heterocycles. The van der Waals surface area contributed by atoms with Crippen molar-refractivity contribution >= 4 is 26.7 Å². The van der Waals surface area contributed by atoms with Crippen molar-refractivity contribution in [3.05, 3.63) is 105 Å². The van der Waals surface area contributed by atoms with E-state index in [1.165, 1.54) is 24.3 Å². The summed E-state index contributed by atoms with van der Waals surface area (Å²) in [5, 5.41) is -0.208. The zero-order chi connectivity index (χ0) is 29.7. The van der Waals surface area contributed by atoms with Gasteiger partial charge in [0.15, 0.2) is 0 Å². The molecule has 4 aromatic rings. The minimum Gasteiger partial charge on any atom is -0.423 e. The van der Waals surface area contributed by atoms with Crippen molar-refractivity contribution < 1.29 is 26.0 Å². The van der Waals surface area contributed by atoms with Gasteiger partial charge in [-0.25, -0.2) is 13.2 Å². The molecule has 9 heteroatoms. The number of sulfonamides is 1. The van der Waals surface area contributed by atoms with E-state index in [9.17, 15) is 26.4 Å². The van der Waals surface area contributed by atoms with Gasteiger partial charge >= 0.3 is 11.8 Å². The van der Waals surface area contributed by atoms with Crippen LogP contribution >= 0.6 is 0 Å². The molecule has 0 aliphatic carbocycles. The first kappa shape index (κ1) is 29.4. The number of hydrogen-bond donors (Lipinski definition) is 1. The summed E-state index contributed by atoms with van der Waals surface area (Å²) in [4.78, 5) is 11.6. The van der Waals surface area contributed by atoms with Crippen LogP contribution in [0.4, 0.5) is 18.9 Å². The number of fused-ring (bicyclic) bond motifs is 1. The fourth-order valence-electron chi connectivity index (χ4n) is 4.34. The van der Waals surface area contributed by atoms with Gasteiger partial charge in [0.05, 0.1) is 10.5 Å². The molecule has 3 aromatic carbocycles. The maximum atomic E-state index is 13.5. The van der Waals surface area contributed by atoms with Gasteiger partial charge in [-0.1, -0.05) is 65.8 Å². The number of benzene rings is 3. The van der Waals surface area contributed by atoms with Crippen LogP contribution in [0.2, 0.25) is 0 Å². The Hall–Kier alpha value is -3.59. The second kappa shape index (κ2) is 10.1. The Morgan fingerprint density at radius 3 is 1.82 bits per heavy atom.